The highest BCUT2D eigenvalue weighted by atomic mass is 16.6. The van der Waals surface area contributed by atoms with Gasteiger partial charge in [-0.25, -0.2) is 4.79 Å². The van der Waals surface area contributed by atoms with E-state index in [1.807, 2.05) is 24.3 Å². The van der Waals surface area contributed by atoms with E-state index in [1.165, 1.54) is 0 Å². The molecule has 2 aromatic carbocycles. The molecule has 0 bridgehead atoms. The van der Waals surface area contributed by atoms with Gasteiger partial charge < -0.3 is 5.11 Å². The molecule has 0 amide bonds. The number of nitro benzene ring substituents is 1. The number of hydrogen-bond acceptors (Lipinski definition) is 3. The SMILES string of the molecule is Cc1cc(/C=C/C=C/c2ccc(C(=O)O)cc2)cc(C)c1[N+](=O)[O-]. The predicted octanol–water partition coefficient (Wildman–Crippen LogP) is 4.64. The van der Waals surface area contributed by atoms with Gasteiger partial charge in [-0.05, 0) is 49.2 Å². The number of nitro groups is 1. The van der Waals surface area contributed by atoms with E-state index in [-0.39, 0.29) is 16.2 Å². The van der Waals surface area contributed by atoms with Crippen LogP contribution in [0.2, 0.25) is 0 Å². The van der Waals surface area contributed by atoms with Crippen molar-refractivity contribution in [3.8, 4) is 0 Å². The zero-order valence-electron chi connectivity index (χ0n) is 13.4. The maximum absolute atomic E-state index is 11.0. The largest absolute Gasteiger partial charge is 0.478 e. The molecule has 0 atom stereocenters. The van der Waals surface area contributed by atoms with E-state index in [4.69, 9.17) is 5.11 Å². The average molecular weight is 323 g/mol. The molecule has 0 heterocycles. The Morgan fingerprint density at radius 3 is 1.96 bits per heavy atom. The molecule has 24 heavy (non-hydrogen) atoms. The summed E-state index contributed by atoms with van der Waals surface area (Å²) < 4.78 is 0. The van der Waals surface area contributed by atoms with Crippen LogP contribution in [0.3, 0.4) is 0 Å². The van der Waals surface area contributed by atoms with E-state index in [0.717, 1.165) is 11.1 Å². The lowest BCUT2D eigenvalue weighted by atomic mass is 10.0. The van der Waals surface area contributed by atoms with E-state index < -0.39 is 5.97 Å². The fourth-order valence-electron chi connectivity index (χ4n) is 2.44. The van der Waals surface area contributed by atoms with Gasteiger partial charge in [-0.3, -0.25) is 10.1 Å². The van der Waals surface area contributed by atoms with Crippen molar-refractivity contribution in [2.45, 2.75) is 13.8 Å². The summed E-state index contributed by atoms with van der Waals surface area (Å²) in [6, 6.07) is 10.1. The van der Waals surface area contributed by atoms with Gasteiger partial charge in [0.25, 0.3) is 5.69 Å². The van der Waals surface area contributed by atoms with Gasteiger partial charge in [-0.15, -0.1) is 0 Å². The van der Waals surface area contributed by atoms with Crippen molar-refractivity contribution in [2.24, 2.45) is 0 Å². The fraction of sp³-hybridized carbons (Fsp3) is 0.105. The van der Waals surface area contributed by atoms with Gasteiger partial charge in [0.15, 0.2) is 0 Å². The van der Waals surface area contributed by atoms with E-state index >= 15 is 0 Å². The first kappa shape index (κ1) is 17.1. The summed E-state index contributed by atoms with van der Waals surface area (Å²) >= 11 is 0. The third-order valence-electron chi connectivity index (χ3n) is 3.54. The Kier molecular flexibility index (Phi) is 5.27. The standard InChI is InChI=1S/C19H17NO4/c1-13-11-16(12-14(2)18(13)20(23)24)6-4-3-5-15-7-9-17(10-8-15)19(21)22/h3-12H,1-2H3,(H,21,22)/b5-3+,6-4+. The lowest BCUT2D eigenvalue weighted by Crippen LogP contribution is -1.95. The number of benzene rings is 2. The fourth-order valence-corrected chi connectivity index (χ4v) is 2.44. The molecule has 0 aromatic heterocycles. The van der Waals surface area contributed by atoms with Gasteiger partial charge in [0.2, 0.25) is 0 Å². The van der Waals surface area contributed by atoms with Gasteiger partial charge in [-0.1, -0.05) is 36.4 Å². The van der Waals surface area contributed by atoms with Gasteiger partial charge in [0.1, 0.15) is 0 Å². The summed E-state index contributed by atoms with van der Waals surface area (Å²) in [5.74, 6) is -0.950. The first-order valence-electron chi connectivity index (χ1n) is 7.32. The molecule has 122 valence electrons. The second-order valence-electron chi connectivity index (χ2n) is 5.41. The van der Waals surface area contributed by atoms with Crippen molar-refractivity contribution in [2.75, 3.05) is 0 Å². The Labute approximate surface area is 139 Å². The maximum Gasteiger partial charge on any atom is 0.335 e. The third-order valence-corrected chi connectivity index (χ3v) is 3.54. The summed E-state index contributed by atoms with van der Waals surface area (Å²) in [5.41, 5.74) is 3.45. The van der Waals surface area contributed by atoms with Crippen LogP contribution in [0, 0.1) is 24.0 Å². The van der Waals surface area contributed by atoms with Crippen LogP contribution >= 0.6 is 0 Å². The molecular formula is C19H17NO4. The molecule has 0 unspecified atom stereocenters. The molecule has 0 aliphatic carbocycles. The third kappa shape index (κ3) is 4.16. The van der Waals surface area contributed by atoms with E-state index in [9.17, 15) is 14.9 Å². The van der Waals surface area contributed by atoms with Crippen molar-refractivity contribution < 1.29 is 14.8 Å². The highest BCUT2D eigenvalue weighted by Gasteiger charge is 2.14. The lowest BCUT2D eigenvalue weighted by molar-refractivity contribution is -0.386. The highest BCUT2D eigenvalue weighted by Crippen LogP contribution is 2.24. The molecule has 1 N–H and O–H groups in total. The molecule has 2 aromatic rings. The number of hydrogen-bond donors (Lipinski definition) is 1. The minimum atomic E-state index is -0.950. The smallest absolute Gasteiger partial charge is 0.335 e. The second kappa shape index (κ2) is 7.37. The highest BCUT2D eigenvalue weighted by molar-refractivity contribution is 5.87. The zero-order chi connectivity index (χ0) is 17.7. The van der Waals surface area contributed by atoms with Crippen molar-refractivity contribution in [3.05, 3.63) is 86.5 Å². The molecule has 5 nitrogen and oxygen atoms in total. The Hall–Kier alpha value is -3.21. The topological polar surface area (TPSA) is 80.4 Å². The number of allylic oxidation sites excluding steroid dienone is 2. The van der Waals surface area contributed by atoms with Crippen molar-refractivity contribution in [3.63, 3.8) is 0 Å². The first-order chi connectivity index (χ1) is 11.4. The van der Waals surface area contributed by atoms with Gasteiger partial charge in [0, 0.05) is 11.1 Å². The Morgan fingerprint density at radius 2 is 1.50 bits per heavy atom. The molecule has 0 saturated carbocycles. The van der Waals surface area contributed by atoms with Crippen LogP contribution in [-0.4, -0.2) is 16.0 Å². The van der Waals surface area contributed by atoms with Gasteiger partial charge in [-0.2, -0.15) is 0 Å². The van der Waals surface area contributed by atoms with Crippen LogP contribution in [0.1, 0.15) is 32.6 Å². The van der Waals surface area contributed by atoms with Gasteiger partial charge >= 0.3 is 5.97 Å². The summed E-state index contributed by atoms with van der Waals surface area (Å²) in [6.07, 6.45) is 7.39. The summed E-state index contributed by atoms with van der Waals surface area (Å²) in [4.78, 5) is 21.4. The molecule has 0 spiro atoms. The molecule has 0 saturated heterocycles. The minimum absolute atomic E-state index is 0.154. The molecule has 2 rings (SSSR count). The van der Waals surface area contributed by atoms with Crippen molar-refractivity contribution in [1.82, 2.24) is 0 Å². The Bertz CT molecular complexity index is 810. The van der Waals surface area contributed by atoms with E-state index in [2.05, 4.69) is 0 Å². The second-order valence-corrected chi connectivity index (χ2v) is 5.41. The minimum Gasteiger partial charge on any atom is -0.478 e. The quantitative estimate of drug-likeness (QED) is 0.494. The van der Waals surface area contributed by atoms with Crippen LogP contribution in [0.5, 0.6) is 0 Å². The van der Waals surface area contributed by atoms with Crippen LogP contribution in [-0.2, 0) is 0 Å². The Balaban J connectivity index is 2.11. The first-order valence-corrected chi connectivity index (χ1v) is 7.32. The number of aromatic carboxylic acids is 1. The molecule has 0 fully saturated rings. The number of carboxylic acid groups (broad SMARTS) is 1. The Morgan fingerprint density at radius 1 is 1.00 bits per heavy atom. The number of rotatable bonds is 5. The molecule has 0 radical (unpaired) electrons. The van der Waals surface area contributed by atoms with Gasteiger partial charge in [0.05, 0.1) is 10.5 Å². The van der Waals surface area contributed by atoms with E-state index in [0.29, 0.717) is 11.1 Å². The molecule has 0 aliphatic rings. The average Bonchev–Trinajstić information content (AvgIpc) is 2.51. The lowest BCUT2D eigenvalue weighted by Gasteiger charge is -2.03. The summed E-state index contributed by atoms with van der Waals surface area (Å²) in [6.45, 7) is 3.45. The van der Waals surface area contributed by atoms with E-state index in [1.54, 1.807) is 50.2 Å². The van der Waals surface area contributed by atoms with Crippen LogP contribution in [0.25, 0.3) is 12.2 Å². The zero-order valence-corrected chi connectivity index (χ0v) is 13.4. The molecular weight excluding hydrogens is 306 g/mol. The summed E-state index contributed by atoms with van der Waals surface area (Å²) in [7, 11) is 0. The van der Waals surface area contributed by atoms with Crippen LogP contribution < -0.4 is 0 Å². The number of nitrogens with zero attached hydrogens (tertiary/aromatic N) is 1. The number of carbonyl (C=O) groups is 1. The molecule has 5 heteroatoms. The maximum atomic E-state index is 11.0. The van der Waals surface area contributed by atoms with Crippen LogP contribution in [0.4, 0.5) is 5.69 Å². The predicted molar refractivity (Wildman–Crippen MR) is 94.0 cm³/mol. The normalized spacial score (nSPS) is 11.2. The summed E-state index contributed by atoms with van der Waals surface area (Å²) in [5, 5.41) is 19.8. The monoisotopic (exact) mass is 323 g/mol. The van der Waals surface area contributed by atoms with Crippen molar-refractivity contribution in [1.29, 1.82) is 0 Å². The van der Waals surface area contributed by atoms with Crippen molar-refractivity contribution >= 4 is 23.8 Å². The number of aryl methyl sites for hydroxylation is 2. The molecule has 0 aliphatic heterocycles. The van der Waals surface area contributed by atoms with Crippen LogP contribution in [0.15, 0.2) is 48.6 Å². The number of carboxylic acids is 1.